The van der Waals surface area contributed by atoms with Crippen LogP contribution in [0.25, 0.3) is 0 Å². The molecule has 114 valence electrons. The van der Waals surface area contributed by atoms with Crippen LogP contribution in [0.3, 0.4) is 0 Å². The van der Waals surface area contributed by atoms with Gasteiger partial charge in [0.1, 0.15) is 11.8 Å². The molecule has 0 saturated carbocycles. The van der Waals surface area contributed by atoms with E-state index in [-0.39, 0.29) is 5.91 Å². The van der Waals surface area contributed by atoms with Gasteiger partial charge in [0.2, 0.25) is 0 Å². The number of hydrogen-bond donors (Lipinski definition) is 1. The Morgan fingerprint density at radius 3 is 2.86 bits per heavy atom. The zero-order chi connectivity index (χ0) is 15.4. The first kappa shape index (κ1) is 15.4. The van der Waals surface area contributed by atoms with Crippen molar-refractivity contribution in [1.82, 2.24) is 4.90 Å². The van der Waals surface area contributed by atoms with Crippen molar-refractivity contribution in [2.75, 3.05) is 6.54 Å². The lowest BCUT2D eigenvalue weighted by Crippen LogP contribution is -2.47. The minimum Gasteiger partial charge on any atom is -0.481 e. The van der Waals surface area contributed by atoms with Crippen molar-refractivity contribution in [1.29, 1.82) is 0 Å². The summed E-state index contributed by atoms with van der Waals surface area (Å²) in [7, 11) is 0. The number of carboxylic acids is 1. The summed E-state index contributed by atoms with van der Waals surface area (Å²) in [5.74, 6) is -0.531. The van der Waals surface area contributed by atoms with E-state index in [4.69, 9.17) is 4.74 Å². The van der Waals surface area contributed by atoms with Crippen molar-refractivity contribution >= 4 is 11.9 Å². The first-order valence-corrected chi connectivity index (χ1v) is 7.29. The van der Waals surface area contributed by atoms with Gasteiger partial charge in [-0.25, -0.2) is 4.79 Å². The monoisotopic (exact) mass is 291 g/mol. The van der Waals surface area contributed by atoms with Gasteiger partial charge < -0.3 is 14.7 Å². The fourth-order valence-corrected chi connectivity index (χ4v) is 2.63. The van der Waals surface area contributed by atoms with Gasteiger partial charge in [-0.15, -0.1) is 0 Å². The molecule has 0 spiro atoms. The minimum absolute atomic E-state index is 0.232. The molecule has 5 nitrogen and oxygen atoms in total. The molecule has 1 aromatic carbocycles. The van der Waals surface area contributed by atoms with Gasteiger partial charge in [-0.05, 0) is 43.9 Å². The number of likely N-dealkylation sites (tertiary alicyclic amines) is 1. The van der Waals surface area contributed by atoms with Crippen molar-refractivity contribution in [3.63, 3.8) is 0 Å². The summed E-state index contributed by atoms with van der Waals surface area (Å²) >= 11 is 0. The molecule has 0 radical (unpaired) electrons. The van der Waals surface area contributed by atoms with E-state index in [0.29, 0.717) is 25.1 Å². The Morgan fingerprint density at radius 1 is 1.48 bits per heavy atom. The summed E-state index contributed by atoms with van der Waals surface area (Å²) in [5.41, 5.74) is 1.05. The van der Waals surface area contributed by atoms with Crippen LogP contribution in [0.15, 0.2) is 24.3 Å². The average molecular weight is 291 g/mol. The Labute approximate surface area is 124 Å². The normalized spacial score (nSPS) is 19.3. The highest BCUT2D eigenvalue weighted by Gasteiger charge is 2.37. The van der Waals surface area contributed by atoms with Gasteiger partial charge in [-0.3, -0.25) is 4.79 Å². The Bertz CT molecular complexity index is 529. The summed E-state index contributed by atoms with van der Waals surface area (Å²) in [5, 5.41) is 9.18. The number of aliphatic carboxylic acids is 1. The maximum atomic E-state index is 12.5. The lowest BCUT2D eigenvalue weighted by Gasteiger charge is -2.26. The van der Waals surface area contributed by atoms with Crippen LogP contribution in [-0.4, -0.2) is 40.6 Å². The molecule has 2 rings (SSSR count). The topological polar surface area (TPSA) is 66.8 Å². The van der Waals surface area contributed by atoms with Gasteiger partial charge in [-0.2, -0.15) is 0 Å². The van der Waals surface area contributed by atoms with Crippen LogP contribution in [0.5, 0.6) is 5.75 Å². The zero-order valence-corrected chi connectivity index (χ0v) is 12.4. The minimum atomic E-state index is -0.939. The number of amides is 1. The summed E-state index contributed by atoms with van der Waals surface area (Å²) < 4.78 is 5.76. The number of ether oxygens (including phenoxy) is 1. The molecular weight excluding hydrogens is 270 g/mol. The lowest BCUT2D eigenvalue weighted by atomic mass is 10.2. The van der Waals surface area contributed by atoms with Crippen LogP contribution in [0.2, 0.25) is 0 Å². The van der Waals surface area contributed by atoms with Crippen LogP contribution in [-0.2, 0) is 9.59 Å². The largest absolute Gasteiger partial charge is 0.481 e. The van der Waals surface area contributed by atoms with E-state index in [1.54, 1.807) is 0 Å². The molecule has 21 heavy (non-hydrogen) atoms. The summed E-state index contributed by atoms with van der Waals surface area (Å²) in [4.78, 5) is 25.2. The molecule has 1 saturated heterocycles. The number of aryl methyl sites for hydroxylation is 1. The van der Waals surface area contributed by atoms with E-state index in [9.17, 15) is 14.7 Å². The predicted molar refractivity (Wildman–Crippen MR) is 78.3 cm³/mol. The standard InChI is InChI=1S/C16H21NO4/c1-3-14(21-12-7-4-6-11(2)10-12)15(18)17-9-5-8-13(17)16(19)20/h4,6-7,10,13-14H,3,5,8-9H2,1-2H3,(H,19,20). The van der Waals surface area contributed by atoms with Crippen LogP contribution in [0, 0.1) is 6.92 Å². The second-order valence-corrected chi connectivity index (χ2v) is 5.36. The fourth-order valence-electron chi connectivity index (χ4n) is 2.63. The Hall–Kier alpha value is -2.04. The molecule has 2 unspecified atom stereocenters. The fraction of sp³-hybridized carbons (Fsp3) is 0.500. The lowest BCUT2D eigenvalue weighted by molar-refractivity contribution is -0.151. The number of nitrogens with zero attached hydrogens (tertiary/aromatic N) is 1. The van der Waals surface area contributed by atoms with Gasteiger partial charge >= 0.3 is 5.97 Å². The number of benzene rings is 1. The number of carboxylic acid groups (broad SMARTS) is 1. The molecule has 2 atom stereocenters. The summed E-state index contributed by atoms with van der Waals surface area (Å²) in [6.07, 6.45) is 1.12. The molecule has 1 heterocycles. The van der Waals surface area contributed by atoms with Gasteiger partial charge in [-0.1, -0.05) is 19.1 Å². The molecule has 1 aliphatic heterocycles. The number of carbonyl (C=O) groups is 2. The molecule has 0 aliphatic carbocycles. The van der Waals surface area contributed by atoms with Crippen molar-refractivity contribution in [3.05, 3.63) is 29.8 Å². The second kappa shape index (κ2) is 6.61. The molecule has 1 fully saturated rings. The van der Waals surface area contributed by atoms with Crippen molar-refractivity contribution in [2.24, 2.45) is 0 Å². The molecule has 0 bridgehead atoms. The van der Waals surface area contributed by atoms with E-state index in [1.807, 2.05) is 38.1 Å². The first-order valence-electron chi connectivity index (χ1n) is 7.29. The first-order chi connectivity index (χ1) is 10.0. The third-order valence-electron chi connectivity index (χ3n) is 3.74. The number of carbonyl (C=O) groups excluding carboxylic acids is 1. The molecule has 1 amide bonds. The SMILES string of the molecule is CCC(Oc1cccc(C)c1)C(=O)N1CCCC1C(=O)O. The van der Waals surface area contributed by atoms with Gasteiger partial charge in [0.25, 0.3) is 5.91 Å². The van der Waals surface area contributed by atoms with Gasteiger partial charge in [0.15, 0.2) is 6.10 Å². The van der Waals surface area contributed by atoms with E-state index < -0.39 is 18.1 Å². The van der Waals surface area contributed by atoms with Crippen LogP contribution in [0.4, 0.5) is 0 Å². The van der Waals surface area contributed by atoms with E-state index in [0.717, 1.165) is 12.0 Å². The highest BCUT2D eigenvalue weighted by molar-refractivity contribution is 5.87. The molecule has 1 aliphatic rings. The second-order valence-electron chi connectivity index (χ2n) is 5.36. The Kier molecular flexibility index (Phi) is 4.83. The van der Waals surface area contributed by atoms with E-state index in [2.05, 4.69) is 0 Å². The predicted octanol–water partition coefficient (Wildman–Crippen LogP) is 2.23. The summed E-state index contributed by atoms with van der Waals surface area (Å²) in [6.45, 7) is 4.31. The molecule has 5 heteroatoms. The maximum Gasteiger partial charge on any atom is 0.326 e. The quantitative estimate of drug-likeness (QED) is 0.903. The zero-order valence-electron chi connectivity index (χ0n) is 12.4. The highest BCUT2D eigenvalue weighted by Crippen LogP contribution is 2.22. The summed E-state index contributed by atoms with van der Waals surface area (Å²) in [6, 6.07) is 6.79. The van der Waals surface area contributed by atoms with Gasteiger partial charge in [0, 0.05) is 6.54 Å². The van der Waals surface area contributed by atoms with Crippen molar-refractivity contribution in [3.8, 4) is 5.75 Å². The molecular formula is C16H21NO4. The van der Waals surface area contributed by atoms with Crippen LogP contribution >= 0.6 is 0 Å². The smallest absolute Gasteiger partial charge is 0.326 e. The maximum absolute atomic E-state index is 12.5. The Balaban J connectivity index is 2.10. The van der Waals surface area contributed by atoms with Crippen LogP contribution in [0.1, 0.15) is 31.7 Å². The third kappa shape index (κ3) is 3.54. The van der Waals surface area contributed by atoms with Crippen molar-refractivity contribution in [2.45, 2.75) is 45.3 Å². The van der Waals surface area contributed by atoms with Crippen molar-refractivity contribution < 1.29 is 19.4 Å². The molecule has 1 aromatic rings. The molecule has 1 N–H and O–H groups in total. The van der Waals surface area contributed by atoms with E-state index in [1.165, 1.54) is 4.90 Å². The molecule has 0 aromatic heterocycles. The Morgan fingerprint density at radius 2 is 2.24 bits per heavy atom. The van der Waals surface area contributed by atoms with Crippen LogP contribution < -0.4 is 4.74 Å². The number of rotatable bonds is 5. The van der Waals surface area contributed by atoms with Gasteiger partial charge in [0.05, 0.1) is 0 Å². The highest BCUT2D eigenvalue weighted by atomic mass is 16.5. The number of hydrogen-bond acceptors (Lipinski definition) is 3. The average Bonchev–Trinajstić information content (AvgIpc) is 2.93. The van der Waals surface area contributed by atoms with E-state index >= 15 is 0 Å². The third-order valence-corrected chi connectivity index (χ3v) is 3.74.